The maximum atomic E-state index is 11.8. The number of rotatable bonds is 3. The number of anilines is 1. The molecule has 6 nitrogen and oxygen atoms in total. The first-order chi connectivity index (χ1) is 13.6. The second-order valence-electron chi connectivity index (χ2n) is 6.91. The maximum Gasteiger partial charge on any atom is 0.246 e. The molecular formula is C22H21N5O. The number of hydrogen-bond acceptors (Lipinski definition) is 4. The van der Waals surface area contributed by atoms with Crippen LogP contribution in [0.3, 0.4) is 0 Å². The van der Waals surface area contributed by atoms with Crippen LogP contribution in [0.4, 0.5) is 5.82 Å². The van der Waals surface area contributed by atoms with Gasteiger partial charge >= 0.3 is 0 Å². The van der Waals surface area contributed by atoms with Crippen molar-refractivity contribution < 1.29 is 4.79 Å². The Morgan fingerprint density at radius 1 is 1.36 bits per heavy atom. The van der Waals surface area contributed by atoms with Crippen LogP contribution in [0.25, 0.3) is 11.0 Å². The van der Waals surface area contributed by atoms with E-state index in [1.54, 1.807) is 4.90 Å². The van der Waals surface area contributed by atoms with Gasteiger partial charge in [-0.2, -0.15) is 0 Å². The van der Waals surface area contributed by atoms with Crippen LogP contribution in [0.5, 0.6) is 0 Å². The summed E-state index contributed by atoms with van der Waals surface area (Å²) in [6.45, 7) is 6.96. The smallest absolute Gasteiger partial charge is 0.246 e. The first-order valence-electron chi connectivity index (χ1n) is 9.22. The van der Waals surface area contributed by atoms with Crippen LogP contribution in [-0.2, 0) is 4.79 Å². The Kier molecular flexibility index (Phi) is 4.81. The van der Waals surface area contributed by atoms with Gasteiger partial charge in [-0.3, -0.25) is 4.79 Å². The molecule has 1 unspecified atom stereocenters. The summed E-state index contributed by atoms with van der Waals surface area (Å²) in [6, 6.07) is 10.2. The monoisotopic (exact) mass is 371 g/mol. The number of carbonyl (C=O) groups excluding carboxylic acids is 1. The Morgan fingerprint density at radius 3 is 3.07 bits per heavy atom. The number of amides is 1. The van der Waals surface area contributed by atoms with Crippen LogP contribution in [0.1, 0.15) is 23.2 Å². The first-order valence-corrected chi connectivity index (χ1v) is 9.22. The first kappa shape index (κ1) is 17.8. The lowest BCUT2D eigenvalue weighted by atomic mass is 10.1. The van der Waals surface area contributed by atoms with Gasteiger partial charge in [-0.25, -0.2) is 9.97 Å². The van der Waals surface area contributed by atoms with Crippen molar-refractivity contribution in [1.82, 2.24) is 19.9 Å². The lowest BCUT2D eigenvalue weighted by Crippen LogP contribution is -2.30. The number of fused-ring (bicyclic) bond motifs is 1. The lowest BCUT2D eigenvalue weighted by Gasteiger charge is -2.15. The summed E-state index contributed by atoms with van der Waals surface area (Å²) in [5, 5.41) is 4.33. The Balaban J connectivity index is 1.55. The molecule has 0 radical (unpaired) electrons. The van der Waals surface area contributed by atoms with Gasteiger partial charge in [0, 0.05) is 24.7 Å². The van der Waals surface area contributed by atoms with Crippen molar-refractivity contribution in [3.8, 4) is 11.8 Å². The predicted octanol–water partition coefficient (Wildman–Crippen LogP) is 2.86. The van der Waals surface area contributed by atoms with Gasteiger partial charge in [-0.1, -0.05) is 24.6 Å². The van der Waals surface area contributed by atoms with Crippen molar-refractivity contribution in [2.45, 2.75) is 19.4 Å². The van der Waals surface area contributed by atoms with E-state index in [4.69, 9.17) is 0 Å². The molecule has 1 aliphatic heterocycles. The minimum Gasteiger partial charge on any atom is -0.365 e. The number of nitrogens with one attached hydrogen (secondary N) is 2. The van der Waals surface area contributed by atoms with Crippen molar-refractivity contribution in [3.05, 3.63) is 66.1 Å². The zero-order chi connectivity index (χ0) is 19.5. The van der Waals surface area contributed by atoms with E-state index in [0.29, 0.717) is 6.54 Å². The van der Waals surface area contributed by atoms with Crippen LogP contribution in [-0.4, -0.2) is 44.9 Å². The predicted molar refractivity (Wildman–Crippen MR) is 110 cm³/mol. The number of nitrogens with zero attached hydrogens (tertiary/aromatic N) is 3. The maximum absolute atomic E-state index is 11.8. The van der Waals surface area contributed by atoms with E-state index in [-0.39, 0.29) is 11.9 Å². The zero-order valence-electron chi connectivity index (χ0n) is 15.7. The van der Waals surface area contributed by atoms with Crippen molar-refractivity contribution in [1.29, 1.82) is 0 Å². The number of benzene rings is 1. The molecule has 140 valence electrons. The van der Waals surface area contributed by atoms with E-state index in [1.807, 2.05) is 18.2 Å². The minimum atomic E-state index is -0.0347. The van der Waals surface area contributed by atoms with E-state index in [0.717, 1.165) is 41.1 Å². The molecule has 1 aliphatic rings. The Hall–Kier alpha value is -3.59. The zero-order valence-corrected chi connectivity index (χ0v) is 15.7. The van der Waals surface area contributed by atoms with Gasteiger partial charge in [0.15, 0.2) is 0 Å². The van der Waals surface area contributed by atoms with E-state index in [2.05, 4.69) is 57.7 Å². The largest absolute Gasteiger partial charge is 0.365 e. The highest BCUT2D eigenvalue weighted by Crippen LogP contribution is 2.23. The molecule has 1 amide bonds. The molecule has 1 atom stereocenters. The summed E-state index contributed by atoms with van der Waals surface area (Å²) in [7, 11) is 0. The molecule has 4 rings (SSSR count). The molecule has 6 heteroatoms. The second kappa shape index (κ2) is 7.57. The third-order valence-corrected chi connectivity index (χ3v) is 4.80. The van der Waals surface area contributed by atoms with Crippen LogP contribution < -0.4 is 5.32 Å². The molecule has 3 heterocycles. The average molecular weight is 371 g/mol. The number of likely N-dealkylation sites (tertiary alicyclic amines) is 1. The van der Waals surface area contributed by atoms with Gasteiger partial charge in [0.05, 0.1) is 11.1 Å². The van der Waals surface area contributed by atoms with E-state index in [9.17, 15) is 4.79 Å². The Morgan fingerprint density at radius 2 is 2.25 bits per heavy atom. The number of hydrogen-bond donors (Lipinski definition) is 2. The summed E-state index contributed by atoms with van der Waals surface area (Å²) >= 11 is 0. The fraction of sp³-hybridized carbons (Fsp3) is 0.227. The molecule has 0 saturated carbocycles. The SMILES string of the molecule is C=CC(=O)N1CCC(Nc2ncnc3[nH]c(C#Cc4cccc(C)c4)cc23)C1. The van der Waals surface area contributed by atoms with Crippen LogP contribution in [0, 0.1) is 18.8 Å². The highest BCUT2D eigenvalue weighted by Gasteiger charge is 2.25. The van der Waals surface area contributed by atoms with Gasteiger partial charge in [-0.15, -0.1) is 0 Å². The molecule has 0 bridgehead atoms. The molecule has 3 aromatic rings. The van der Waals surface area contributed by atoms with Crippen molar-refractivity contribution >= 4 is 22.8 Å². The van der Waals surface area contributed by atoms with Gasteiger partial charge in [0.1, 0.15) is 17.8 Å². The fourth-order valence-corrected chi connectivity index (χ4v) is 3.39. The molecule has 28 heavy (non-hydrogen) atoms. The van der Waals surface area contributed by atoms with Crippen molar-refractivity contribution in [2.24, 2.45) is 0 Å². The van der Waals surface area contributed by atoms with Crippen LogP contribution >= 0.6 is 0 Å². The Bertz CT molecular complexity index is 1100. The van der Waals surface area contributed by atoms with Gasteiger partial charge in [-0.05, 0) is 49.1 Å². The number of carbonyl (C=O) groups is 1. The molecule has 1 fully saturated rings. The molecule has 2 N–H and O–H groups in total. The molecule has 0 spiro atoms. The third-order valence-electron chi connectivity index (χ3n) is 4.80. The quantitative estimate of drug-likeness (QED) is 0.548. The summed E-state index contributed by atoms with van der Waals surface area (Å²) < 4.78 is 0. The summed E-state index contributed by atoms with van der Waals surface area (Å²) in [5.41, 5.74) is 3.68. The van der Waals surface area contributed by atoms with Gasteiger partial charge in [0.2, 0.25) is 5.91 Å². The molecular weight excluding hydrogens is 350 g/mol. The molecule has 1 saturated heterocycles. The molecule has 0 aliphatic carbocycles. The standard InChI is InChI=1S/C22H21N5O/c1-3-20(28)27-10-9-18(13-27)26-22-19-12-17(25-21(19)23-14-24-22)8-7-16-6-4-5-15(2)11-16/h3-6,11-12,14,18H,1,9-10,13H2,2H3,(H2,23,24,25,26). The van der Waals surface area contributed by atoms with Gasteiger partial charge in [0.25, 0.3) is 0 Å². The third kappa shape index (κ3) is 3.74. The van der Waals surface area contributed by atoms with Crippen LogP contribution in [0.15, 0.2) is 49.3 Å². The number of H-pyrrole nitrogens is 1. The highest BCUT2D eigenvalue weighted by atomic mass is 16.2. The lowest BCUT2D eigenvalue weighted by molar-refractivity contribution is -0.125. The van der Waals surface area contributed by atoms with Crippen molar-refractivity contribution in [2.75, 3.05) is 18.4 Å². The van der Waals surface area contributed by atoms with E-state index >= 15 is 0 Å². The normalized spacial score (nSPS) is 15.9. The number of aromatic nitrogens is 3. The highest BCUT2D eigenvalue weighted by molar-refractivity contribution is 5.89. The summed E-state index contributed by atoms with van der Waals surface area (Å²) in [4.78, 5) is 25.5. The van der Waals surface area contributed by atoms with Crippen molar-refractivity contribution in [3.63, 3.8) is 0 Å². The number of aryl methyl sites for hydroxylation is 1. The van der Waals surface area contributed by atoms with Crippen LogP contribution in [0.2, 0.25) is 0 Å². The summed E-state index contributed by atoms with van der Waals surface area (Å²) in [6.07, 6.45) is 3.76. The minimum absolute atomic E-state index is 0.0347. The summed E-state index contributed by atoms with van der Waals surface area (Å²) in [5.74, 6) is 7.06. The van der Waals surface area contributed by atoms with Gasteiger partial charge < -0.3 is 15.2 Å². The molecule has 2 aromatic heterocycles. The number of aromatic amines is 1. The van der Waals surface area contributed by atoms with E-state index < -0.39 is 0 Å². The average Bonchev–Trinajstić information content (AvgIpc) is 3.33. The fourth-order valence-electron chi connectivity index (χ4n) is 3.39. The van der Waals surface area contributed by atoms with E-state index in [1.165, 1.54) is 18.0 Å². The Labute approximate surface area is 163 Å². The molecule has 1 aromatic carbocycles. The topological polar surface area (TPSA) is 73.9 Å². The second-order valence-corrected chi connectivity index (χ2v) is 6.91.